The van der Waals surface area contributed by atoms with Gasteiger partial charge in [0.1, 0.15) is 5.82 Å². The largest absolute Gasteiger partial charge is 0.368 e. The molecule has 0 aromatic carbocycles. The van der Waals surface area contributed by atoms with Gasteiger partial charge in [-0.05, 0) is 42.2 Å². The lowest BCUT2D eigenvalue weighted by molar-refractivity contribution is 0.443. The Hall–Kier alpha value is -3.06. The van der Waals surface area contributed by atoms with Gasteiger partial charge in [-0.1, -0.05) is 25.7 Å². The van der Waals surface area contributed by atoms with Gasteiger partial charge in [-0.3, -0.25) is 4.98 Å². The van der Waals surface area contributed by atoms with E-state index < -0.39 is 0 Å². The maximum absolute atomic E-state index is 5.09. The van der Waals surface area contributed by atoms with Crippen molar-refractivity contribution in [3.8, 4) is 11.1 Å². The van der Waals surface area contributed by atoms with Crippen LogP contribution in [0.1, 0.15) is 49.8 Å². The van der Waals surface area contributed by atoms with E-state index in [4.69, 9.17) is 4.98 Å². The highest BCUT2D eigenvalue weighted by molar-refractivity contribution is 5.79. The first-order chi connectivity index (χ1) is 15.8. The van der Waals surface area contributed by atoms with Crippen LogP contribution in [0.25, 0.3) is 11.1 Å². The minimum atomic E-state index is -0.0334. The number of pyridine rings is 2. The third kappa shape index (κ3) is 3.32. The Morgan fingerprint density at radius 2 is 1.72 bits per heavy atom. The Bertz CT molecular complexity index is 1100. The van der Waals surface area contributed by atoms with E-state index in [0.29, 0.717) is 5.95 Å². The summed E-state index contributed by atoms with van der Waals surface area (Å²) in [7, 11) is 0. The SMILES string of the molecule is c1cc2c(cn1)C1(CCCCCC1)c1nc(Nc3ccc(N4CCNCC4)cn3)ncc1-2. The predicted octanol–water partition coefficient (Wildman–Crippen LogP) is 4.04. The Balaban J connectivity index is 1.31. The van der Waals surface area contributed by atoms with Gasteiger partial charge in [0.2, 0.25) is 5.95 Å². The molecule has 1 saturated heterocycles. The summed E-state index contributed by atoms with van der Waals surface area (Å²) in [4.78, 5) is 21.2. The fourth-order valence-corrected chi connectivity index (χ4v) is 5.67. The van der Waals surface area contributed by atoms with Gasteiger partial charge in [-0.2, -0.15) is 0 Å². The second kappa shape index (κ2) is 8.13. The number of anilines is 3. The number of hydrogen-bond acceptors (Lipinski definition) is 7. The highest BCUT2D eigenvalue weighted by Crippen LogP contribution is 2.53. The van der Waals surface area contributed by atoms with Crippen molar-refractivity contribution in [2.24, 2.45) is 0 Å². The highest BCUT2D eigenvalue weighted by Gasteiger charge is 2.45. The summed E-state index contributed by atoms with van der Waals surface area (Å²) in [5, 5.41) is 6.74. The molecule has 1 spiro atoms. The standard InChI is InChI=1S/C25H29N7/c1-2-4-9-25(8-3-1)21-17-27-10-7-19(21)20-16-29-24(31-23(20)25)30-22-6-5-18(15-28-22)32-13-11-26-12-14-32/h5-7,10,15-17,26H,1-4,8-9,11-14H2,(H,28,29,30,31). The summed E-state index contributed by atoms with van der Waals surface area (Å²) in [6.45, 7) is 4.06. The van der Waals surface area contributed by atoms with Crippen molar-refractivity contribution in [2.75, 3.05) is 36.4 Å². The summed E-state index contributed by atoms with van der Waals surface area (Å²) < 4.78 is 0. The van der Waals surface area contributed by atoms with E-state index >= 15 is 0 Å². The first-order valence-corrected chi connectivity index (χ1v) is 11.8. The molecule has 2 aliphatic carbocycles. The van der Waals surface area contributed by atoms with Gasteiger partial charge in [0.25, 0.3) is 0 Å². The van der Waals surface area contributed by atoms with Crippen LogP contribution in [0, 0.1) is 0 Å². The van der Waals surface area contributed by atoms with Crippen LogP contribution in [0.5, 0.6) is 0 Å². The zero-order valence-electron chi connectivity index (χ0n) is 18.3. The minimum absolute atomic E-state index is 0.0334. The van der Waals surface area contributed by atoms with Crippen LogP contribution >= 0.6 is 0 Å². The van der Waals surface area contributed by atoms with Gasteiger partial charge in [0, 0.05) is 55.7 Å². The van der Waals surface area contributed by atoms with Gasteiger partial charge in [-0.25, -0.2) is 15.0 Å². The topological polar surface area (TPSA) is 78.9 Å². The van der Waals surface area contributed by atoms with E-state index in [1.165, 1.54) is 36.8 Å². The number of aromatic nitrogens is 4. The smallest absolute Gasteiger partial charge is 0.228 e. The van der Waals surface area contributed by atoms with Crippen molar-refractivity contribution in [3.63, 3.8) is 0 Å². The highest BCUT2D eigenvalue weighted by atomic mass is 15.2. The number of fused-ring (bicyclic) bond motifs is 5. The molecule has 6 rings (SSSR count). The van der Waals surface area contributed by atoms with E-state index in [-0.39, 0.29) is 5.41 Å². The molecule has 1 aliphatic heterocycles. The van der Waals surface area contributed by atoms with Gasteiger partial charge in [0.05, 0.1) is 17.6 Å². The Kier molecular flexibility index (Phi) is 4.98. The molecule has 0 atom stereocenters. The average molecular weight is 428 g/mol. The molecular weight excluding hydrogens is 398 g/mol. The van der Waals surface area contributed by atoms with Crippen molar-refractivity contribution in [1.82, 2.24) is 25.3 Å². The van der Waals surface area contributed by atoms with Crippen LogP contribution in [-0.4, -0.2) is 46.1 Å². The monoisotopic (exact) mass is 427 g/mol. The molecule has 2 fully saturated rings. The summed E-state index contributed by atoms with van der Waals surface area (Å²) in [5.41, 5.74) is 6.04. The maximum Gasteiger partial charge on any atom is 0.228 e. The zero-order valence-corrected chi connectivity index (χ0v) is 18.3. The lowest BCUT2D eigenvalue weighted by Crippen LogP contribution is -2.43. The lowest BCUT2D eigenvalue weighted by atomic mass is 9.75. The van der Waals surface area contributed by atoms with Gasteiger partial charge in [0.15, 0.2) is 0 Å². The van der Waals surface area contributed by atoms with E-state index in [0.717, 1.165) is 61.8 Å². The van der Waals surface area contributed by atoms with Crippen molar-refractivity contribution in [1.29, 1.82) is 0 Å². The lowest BCUT2D eigenvalue weighted by Gasteiger charge is -2.29. The quantitative estimate of drug-likeness (QED) is 0.653. The second-order valence-corrected chi connectivity index (χ2v) is 9.14. The van der Waals surface area contributed by atoms with Crippen LogP contribution in [0.4, 0.5) is 17.5 Å². The molecule has 2 N–H and O–H groups in total. The van der Waals surface area contributed by atoms with Crippen LogP contribution in [-0.2, 0) is 5.41 Å². The van der Waals surface area contributed by atoms with Crippen LogP contribution in [0.2, 0.25) is 0 Å². The van der Waals surface area contributed by atoms with Crippen molar-refractivity contribution >= 4 is 17.5 Å². The number of rotatable bonds is 3. The molecule has 1 saturated carbocycles. The van der Waals surface area contributed by atoms with E-state index in [1.54, 1.807) is 0 Å². The van der Waals surface area contributed by atoms with Gasteiger partial charge >= 0.3 is 0 Å². The molecule has 0 unspecified atom stereocenters. The maximum atomic E-state index is 5.09. The van der Waals surface area contributed by atoms with Crippen LogP contribution in [0.3, 0.4) is 0 Å². The van der Waals surface area contributed by atoms with Crippen molar-refractivity contribution in [2.45, 2.75) is 43.9 Å². The Morgan fingerprint density at radius 3 is 2.50 bits per heavy atom. The molecule has 0 bridgehead atoms. The van der Waals surface area contributed by atoms with E-state index in [9.17, 15) is 0 Å². The molecule has 0 amide bonds. The summed E-state index contributed by atoms with van der Waals surface area (Å²) >= 11 is 0. The summed E-state index contributed by atoms with van der Waals surface area (Å²) in [5.74, 6) is 1.39. The Labute approximate surface area is 188 Å². The van der Waals surface area contributed by atoms with Gasteiger partial charge in [-0.15, -0.1) is 0 Å². The van der Waals surface area contributed by atoms with Crippen LogP contribution < -0.4 is 15.5 Å². The fourth-order valence-electron chi connectivity index (χ4n) is 5.67. The molecule has 164 valence electrons. The molecule has 4 heterocycles. The fraction of sp³-hybridized carbons (Fsp3) is 0.440. The summed E-state index contributed by atoms with van der Waals surface area (Å²) in [6, 6.07) is 6.27. The summed E-state index contributed by atoms with van der Waals surface area (Å²) in [6.07, 6.45) is 15.2. The van der Waals surface area contributed by atoms with Crippen molar-refractivity contribution < 1.29 is 0 Å². The molecule has 3 aromatic heterocycles. The molecule has 7 nitrogen and oxygen atoms in total. The number of nitrogens with zero attached hydrogens (tertiary/aromatic N) is 5. The number of hydrogen-bond donors (Lipinski definition) is 2. The second-order valence-electron chi connectivity index (χ2n) is 9.14. The molecule has 3 aromatic rings. The zero-order chi connectivity index (χ0) is 21.4. The average Bonchev–Trinajstić information content (AvgIpc) is 2.98. The molecule has 32 heavy (non-hydrogen) atoms. The number of nitrogens with one attached hydrogen (secondary N) is 2. The van der Waals surface area contributed by atoms with Crippen molar-refractivity contribution in [3.05, 3.63) is 54.2 Å². The molecule has 0 radical (unpaired) electrons. The van der Waals surface area contributed by atoms with E-state index in [1.807, 2.05) is 24.7 Å². The first-order valence-electron chi connectivity index (χ1n) is 11.8. The Morgan fingerprint density at radius 1 is 0.875 bits per heavy atom. The third-order valence-electron chi connectivity index (χ3n) is 7.30. The molecular formula is C25H29N7. The normalized spacial score (nSPS) is 19.3. The third-order valence-corrected chi connectivity index (χ3v) is 7.30. The predicted molar refractivity (Wildman–Crippen MR) is 126 cm³/mol. The number of piperazine rings is 1. The van der Waals surface area contributed by atoms with Crippen LogP contribution in [0.15, 0.2) is 43.0 Å². The molecule has 7 heteroatoms. The first kappa shape index (κ1) is 19.6. The minimum Gasteiger partial charge on any atom is -0.368 e. The molecule has 3 aliphatic rings. The van der Waals surface area contributed by atoms with E-state index in [2.05, 4.69) is 48.8 Å². The van der Waals surface area contributed by atoms with Gasteiger partial charge < -0.3 is 15.5 Å².